The minimum Gasteiger partial charge on any atom is -0.486 e. The first-order chi connectivity index (χ1) is 11.8. The lowest BCUT2D eigenvalue weighted by Gasteiger charge is -2.22. The first-order valence-electron chi connectivity index (χ1n) is 8.39. The van der Waals surface area contributed by atoms with E-state index in [2.05, 4.69) is 52.8 Å². The van der Waals surface area contributed by atoms with E-state index < -0.39 is 0 Å². The lowest BCUT2D eigenvalue weighted by Crippen LogP contribution is -2.21. The van der Waals surface area contributed by atoms with Gasteiger partial charge in [-0.15, -0.1) is 0 Å². The van der Waals surface area contributed by atoms with E-state index in [1.54, 1.807) is 0 Å². The second-order valence-corrected chi connectivity index (χ2v) is 6.00. The normalized spacial score (nSPS) is 14.7. The number of hydrogen-bond acceptors (Lipinski definition) is 4. The molecule has 0 fully saturated rings. The van der Waals surface area contributed by atoms with Crippen LogP contribution < -0.4 is 14.8 Å². The Balaban J connectivity index is 1.53. The van der Waals surface area contributed by atoms with Crippen molar-refractivity contribution >= 4 is 10.9 Å². The minimum atomic E-state index is 0.263. The molecule has 0 spiro atoms. The fraction of sp³-hybridized carbons (Fsp3) is 0.316. The molecule has 3 aromatic rings. The molecule has 0 bridgehead atoms. The maximum Gasteiger partial charge on any atom is 0.161 e. The van der Waals surface area contributed by atoms with Gasteiger partial charge in [-0.3, -0.25) is 5.10 Å². The van der Waals surface area contributed by atoms with Crippen molar-refractivity contribution in [3.05, 3.63) is 53.7 Å². The van der Waals surface area contributed by atoms with Gasteiger partial charge in [0.05, 0.1) is 11.7 Å². The van der Waals surface area contributed by atoms with Crippen molar-refractivity contribution in [2.75, 3.05) is 13.2 Å². The molecule has 5 nitrogen and oxygen atoms in total. The van der Waals surface area contributed by atoms with Crippen LogP contribution in [0.4, 0.5) is 0 Å². The zero-order valence-electron chi connectivity index (χ0n) is 13.7. The van der Waals surface area contributed by atoms with Crippen LogP contribution in [0.15, 0.2) is 42.6 Å². The van der Waals surface area contributed by atoms with Gasteiger partial charge in [-0.1, -0.05) is 31.2 Å². The largest absolute Gasteiger partial charge is 0.486 e. The molecule has 4 rings (SSSR count). The van der Waals surface area contributed by atoms with Crippen LogP contribution in [-0.4, -0.2) is 23.4 Å². The average molecular weight is 323 g/mol. The van der Waals surface area contributed by atoms with Gasteiger partial charge in [-0.05, 0) is 29.7 Å². The summed E-state index contributed by atoms with van der Waals surface area (Å²) in [7, 11) is 0. The zero-order chi connectivity index (χ0) is 16.4. The number of aromatic nitrogens is 2. The number of hydrogen-bond donors (Lipinski definition) is 2. The van der Waals surface area contributed by atoms with E-state index >= 15 is 0 Å². The van der Waals surface area contributed by atoms with E-state index in [9.17, 15) is 0 Å². The quantitative estimate of drug-likeness (QED) is 0.753. The van der Waals surface area contributed by atoms with Crippen LogP contribution in [0.3, 0.4) is 0 Å². The Kier molecular flexibility index (Phi) is 4.09. The number of nitrogens with zero attached hydrogens (tertiary/aromatic N) is 1. The molecule has 1 atom stereocenters. The van der Waals surface area contributed by atoms with Crippen molar-refractivity contribution in [3.8, 4) is 11.5 Å². The fourth-order valence-electron chi connectivity index (χ4n) is 3.19. The summed E-state index contributed by atoms with van der Waals surface area (Å²) in [5.74, 6) is 1.68. The van der Waals surface area contributed by atoms with Crippen LogP contribution >= 0.6 is 0 Å². The highest BCUT2D eigenvalue weighted by atomic mass is 16.6. The Morgan fingerprint density at radius 1 is 1.17 bits per heavy atom. The van der Waals surface area contributed by atoms with E-state index in [1.807, 2.05) is 12.3 Å². The van der Waals surface area contributed by atoms with Crippen molar-refractivity contribution in [3.63, 3.8) is 0 Å². The molecule has 1 aromatic heterocycles. The van der Waals surface area contributed by atoms with Gasteiger partial charge in [-0.25, -0.2) is 0 Å². The number of benzene rings is 2. The molecule has 2 aromatic carbocycles. The van der Waals surface area contributed by atoms with Crippen LogP contribution in [-0.2, 0) is 6.54 Å². The number of nitrogens with one attached hydrogen (secondary N) is 2. The number of para-hydroxylation sites is 1. The van der Waals surface area contributed by atoms with E-state index in [0.717, 1.165) is 35.4 Å². The molecule has 2 heterocycles. The molecule has 0 unspecified atom stereocenters. The van der Waals surface area contributed by atoms with Crippen LogP contribution in [0.5, 0.6) is 11.5 Å². The van der Waals surface area contributed by atoms with Crippen molar-refractivity contribution in [1.29, 1.82) is 0 Å². The number of rotatable bonds is 5. The third-order valence-corrected chi connectivity index (χ3v) is 4.48. The van der Waals surface area contributed by atoms with Crippen LogP contribution in [0.2, 0.25) is 0 Å². The molecular formula is C19H21N3O2. The molecule has 0 radical (unpaired) electrons. The molecule has 2 N–H and O–H groups in total. The van der Waals surface area contributed by atoms with Crippen LogP contribution in [0.1, 0.15) is 30.5 Å². The summed E-state index contributed by atoms with van der Waals surface area (Å²) in [6.45, 7) is 4.20. The molecule has 0 saturated carbocycles. The van der Waals surface area contributed by atoms with Gasteiger partial charge in [0.15, 0.2) is 11.5 Å². The summed E-state index contributed by atoms with van der Waals surface area (Å²) in [4.78, 5) is 0. The molecule has 1 aliphatic heterocycles. The predicted octanol–water partition coefficient (Wildman–Crippen LogP) is 3.58. The van der Waals surface area contributed by atoms with Gasteiger partial charge < -0.3 is 14.8 Å². The average Bonchev–Trinajstić information content (AvgIpc) is 3.11. The lowest BCUT2D eigenvalue weighted by atomic mass is 10.0. The zero-order valence-corrected chi connectivity index (χ0v) is 13.7. The third-order valence-electron chi connectivity index (χ3n) is 4.48. The molecule has 0 amide bonds. The standard InChI is InChI=1S/C19H21N3O2/c1-2-16(13-6-7-17-18(10-13)24-9-8-23-17)20-11-14-4-3-5-15-12-21-22-19(14)15/h3-7,10,12,16,20H,2,8-9,11H2,1H3,(H,21,22)/t16-/m1/s1. The number of aromatic amines is 1. The van der Waals surface area contributed by atoms with Gasteiger partial charge in [0.25, 0.3) is 0 Å². The van der Waals surface area contributed by atoms with Gasteiger partial charge >= 0.3 is 0 Å². The summed E-state index contributed by atoms with van der Waals surface area (Å²) >= 11 is 0. The smallest absolute Gasteiger partial charge is 0.161 e. The molecule has 0 saturated heterocycles. The maximum atomic E-state index is 5.70. The van der Waals surface area contributed by atoms with E-state index in [0.29, 0.717) is 13.2 Å². The Morgan fingerprint density at radius 3 is 2.92 bits per heavy atom. The Labute approximate surface area is 141 Å². The van der Waals surface area contributed by atoms with Gasteiger partial charge in [0, 0.05) is 18.0 Å². The number of H-pyrrole nitrogens is 1. The highest BCUT2D eigenvalue weighted by molar-refractivity contribution is 5.81. The van der Waals surface area contributed by atoms with Crippen LogP contribution in [0, 0.1) is 0 Å². The summed E-state index contributed by atoms with van der Waals surface area (Å²) in [5, 5.41) is 12.0. The van der Waals surface area contributed by atoms with Gasteiger partial charge in [-0.2, -0.15) is 5.10 Å². The highest BCUT2D eigenvalue weighted by Gasteiger charge is 2.16. The number of ether oxygens (including phenoxy) is 2. The molecule has 124 valence electrons. The van der Waals surface area contributed by atoms with Crippen molar-refractivity contribution in [2.24, 2.45) is 0 Å². The SMILES string of the molecule is CC[C@@H](NCc1cccc2cn[nH]c12)c1ccc2c(c1)OCCO2. The lowest BCUT2D eigenvalue weighted by molar-refractivity contribution is 0.171. The molecule has 0 aliphatic carbocycles. The van der Waals surface area contributed by atoms with Crippen LogP contribution in [0.25, 0.3) is 10.9 Å². The Bertz CT molecular complexity index is 843. The Hall–Kier alpha value is -2.53. The summed E-state index contributed by atoms with van der Waals surface area (Å²) < 4.78 is 11.3. The Morgan fingerprint density at radius 2 is 2.04 bits per heavy atom. The summed E-state index contributed by atoms with van der Waals surface area (Å²) in [5.41, 5.74) is 3.54. The second-order valence-electron chi connectivity index (χ2n) is 6.00. The molecule has 1 aliphatic rings. The fourth-order valence-corrected chi connectivity index (χ4v) is 3.19. The molecular weight excluding hydrogens is 302 g/mol. The first kappa shape index (κ1) is 15.0. The summed E-state index contributed by atoms with van der Waals surface area (Å²) in [6, 6.07) is 12.7. The van der Waals surface area contributed by atoms with Gasteiger partial charge in [0.2, 0.25) is 0 Å². The van der Waals surface area contributed by atoms with Crippen molar-refractivity contribution < 1.29 is 9.47 Å². The second kappa shape index (κ2) is 6.53. The predicted molar refractivity (Wildman–Crippen MR) is 93.4 cm³/mol. The number of fused-ring (bicyclic) bond motifs is 2. The minimum absolute atomic E-state index is 0.263. The van der Waals surface area contributed by atoms with Crippen molar-refractivity contribution in [2.45, 2.75) is 25.9 Å². The van der Waals surface area contributed by atoms with Crippen molar-refractivity contribution in [1.82, 2.24) is 15.5 Å². The monoisotopic (exact) mass is 323 g/mol. The first-order valence-corrected chi connectivity index (χ1v) is 8.39. The maximum absolute atomic E-state index is 5.70. The topological polar surface area (TPSA) is 59.2 Å². The molecule has 24 heavy (non-hydrogen) atoms. The third kappa shape index (κ3) is 2.83. The molecule has 5 heteroatoms. The highest BCUT2D eigenvalue weighted by Crippen LogP contribution is 2.33. The van der Waals surface area contributed by atoms with E-state index in [1.165, 1.54) is 11.1 Å². The van der Waals surface area contributed by atoms with Gasteiger partial charge in [0.1, 0.15) is 13.2 Å². The van der Waals surface area contributed by atoms with E-state index in [4.69, 9.17) is 9.47 Å². The van der Waals surface area contributed by atoms with E-state index in [-0.39, 0.29) is 6.04 Å². The summed E-state index contributed by atoms with van der Waals surface area (Å²) in [6.07, 6.45) is 2.86.